The van der Waals surface area contributed by atoms with Crippen molar-refractivity contribution in [2.45, 2.75) is 13.3 Å². The minimum Gasteiger partial charge on any atom is -0.324 e. The van der Waals surface area contributed by atoms with Gasteiger partial charge in [0.15, 0.2) is 0 Å². The van der Waals surface area contributed by atoms with Gasteiger partial charge in [-0.15, -0.1) is 0 Å². The van der Waals surface area contributed by atoms with Crippen molar-refractivity contribution < 1.29 is 9.59 Å². The van der Waals surface area contributed by atoms with Crippen LogP contribution >= 0.6 is 34.8 Å². The van der Waals surface area contributed by atoms with Crippen molar-refractivity contribution in [1.82, 2.24) is 5.43 Å². The Hall–Kier alpha value is -2.08. The number of amides is 2. The number of hydrogen-bond acceptors (Lipinski definition) is 3. The first kappa shape index (κ1) is 19.2. The van der Waals surface area contributed by atoms with Gasteiger partial charge in [-0.3, -0.25) is 9.59 Å². The van der Waals surface area contributed by atoms with Crippen LogP contribution in [0.1, 0.15) is 23.7 Å². The number of carbonyl (C=O) groups is 2. The average molecular weight is 399 g/mol. The van der Waals surface area contributed by atoms with E-state index in [0.29, 0.717) is 32.0 Å². The molecule has 0 heterocycles. The van der Waals surface area contributed by atoms with Crippen LogP contribution in [0, 0.1) is 0 Å². The van der Waals surface area contributed by atoms with E-state index in [1.807, 2.05) is 0 Å². The minimum absolute atomic E-state index is 0.0222. The van der Waals surface area contributed by atoms with E-state index < -0.39 is 5.91 Å². The van der Waals surface area contributed by atoms with E-state index in [2.05, 4.69) is 15.8 Å². The molecule has 0 aromatic heterocycles. The lowest BCUT2D eigenvalue weighted by atomic mass is 10.2. The molecular weight excluding hydrogens is 385 g/mol. The highest BCUT2D eigenvalue weighted by Gasteiger charge is 2.10. The van der Waals surface area contributed by atoms with E-state index in [-0.39, 0.29) is 12.3 Å². The molecule has 0 fully saturated rings. The Labute approximate surface area is 160 Å². The lowest BCUT2D eigenvalue weighted by Crippen LogP contribution is -2.21. The predicted molar refractivity (Wildman–Crippen MR) is 102 cm³/mol. The molecule has 0 bridgehead atoms. The maximum Gasteiger partial charge on any atom is 0.272 e. The Morgan fingerprint density at radius 1 is 1.04 bits per heavy atom. The van der Waals surface area contributed by atoms with Gasteiger partial charge in [0.1, 0.15) is 0 Å². The molecule has 0 aliphatic heterocycles. The molecular formula is C17H14Cl3N3O2. The molecule has 0 saturated carbocycles. The zero-order chi connectivity index (χ0) is 18.4. The number of hydrogen-bond donors (Lipinski definition) is 2. The summed E-state index contributed by atoms with van der Waals surface area (Å²) in [5.74, 6) is -0.791. The SMILES string of the molecule is C/C(CC(=O)Nc1cc(Cl)ccc1Cl)=N\NC(=O)c1ccccc1Cl. The van der Waals surface area contributed by atoms with Crippen LogP contribution in [0.2, 0.25) is 15.1 Å². The quantitative estimate of drug-likeness (QED) is 0.562. The Bertz CT molecular complexity index is 838. The van der Waals surface area contributed by atoms with E-state index in [1.54, 1.807) is 49.4 Å². The Morgan fingerprint density at radius 2 is 1.76 bits per heavy atom. The fourth-order valence-electron chi connectivity index (χ4n) is 1.91. The Balaban J connectivity index is 1.94. The summed E-state index contributed by atoms with van der Waals surface area (Å²) in [6, 6.07) is 11.4. The third-order valence-corrected chi connectivity index (χ3v) is 3.98. The average Bonchev–Trinajstić information content (AvgIpc) is 2.56. The summed E-state index contributed by atoms with van der Waals surface area (Å²) in [5, 5.41) is 7.69. The third-order valence-electron chi connectivity index (χ3n) is 3.09. The number of hydrazone groups is 1. The highest BCUT2D eigenvalue weighted by molar-refractivity contribution is 6.36. The molecule has 0 aliphatic carbocycles. The van der Waals surface area contributed by atoms with E-state index in [4.69, 9.17) is 34.8 Å². The number of benzene rings is 2. The largest absolute Gasteiger partial charge is 0.324 e. The van der Waals surface area contributed by atoms with Crippen molar-refractivity contribution in [1.29, 1.82) is 0 Å². The third kappa shape index (κ3) is 5.74. The lowest BCUT2D eigenvalue weighted by molar-refractivity contribution is -0.115. The van der Waals surface area contributed by atoms with Crippen LogP contribution in [-0.4, -0.2) is 17.5 Å². The van der Waals surface area contributed by atoms with Crippen LogP contribution in [0.4, 0.5) is 5.69 Å². The molecule has 0 saturated heterocycles. The lowest BCUT2D eigenvalue weighted by Gasteiger charge is -2.08. The summed E-state index contributed by atoms with van der Waals surface area (Å²) < 4.78 is 0. The van der Waals surface area contributed by atoms with Gasteiger partial charge < -0.3 is 5.32 Å². The van der Waals surface area contributed by atoms with E-state index in [0.717, 1.165) is 0 Å². The van der Waals surface area contributed by atoms with Crippen molar-refractivity contribution in [3.63, 3.8) is 0 Å². The van der Waals surface area contributed by atoms with Crippen LogP contribution in [0.25, 0.3) is 0 Å². The van der Waals surface area contributed by atoms with Gasteiger partial charge in [-0.1, -0.05) is 46.9 Å². The van der Waals surface area contributed by atoms with Crippen LogP contribution in [-0.2, 0) is 4.79 Å². The normalized spacial score (nSPS) is 11.1. The van der Waals surface area contributed by atoms with Gasteiger partial charge >= 0.3 is 0 Å². The smallest absolute Gasteiger partial charge is 0.272 e. The van der Waals surface area contributed by atoms with Crippen LogP contribution < -0.4 is 10.7 Å². The standard InChI is InChI=1S/C17H14Cl3N3O2/c1-10(22-23-17(25)12-4-2-3-5-13(12)19)8-16(24)21-15-9-11(18)6-7-14(15)20/h2-7,9H,8H2,1H3,(H,21,24)(H,23,25)/b22-10+. The molecule has 0 unspecified atom stereocenters. The van der Waals surface area contributed by atoms with Crippen molar-refractivity contribution in [3.8, 4) is 0 Å². The summed E-state index contributed by atoms with van der Waals surface area (Å²) in [4.78, 5) is 24.0. The summed E-state index contributed by atoms with van der Waals surface area (Å²) in [7, 11) is 0. The number of nitrogens with one attached hydrogen (secondary N) is 2. The number of anilines is 1. The highest BCUT2D eigenvalue weighted by Crippen LogP contribution is 2.25. The maximum absolute atomic E-state index is 12.0. The molecule has 0 atom stereocenters. The van der Waals surface area contributed by atoms with Gasteiger partial charge in [-0.05, 0) is 37.3 Å². The molecule has 2 N–H and O–H groups in total. The van der Waals surface area contributed by atoms with Crippen molar-refractivity contribution in [2.24, 2.45) is 5.10 Å². The van der Waals surface area contributed by atoms with E-state index >= 15 is 0 Å². The highest BCUT2D eigenvalue weighted by atomic mass is 35.5. The van der Waals surface area contributed by atoms with Crippen LogP contribution in [0.5, 0.6) is 0 Å². The van der Waals surface area contributed by atoms with Gasteiger partial charge in [0.2, 0.25) is 5.91 Å². The minimum atomic E-state index is -0.455. The van der Waals surface area contributed by atoms with Crippen LogP contribution in [0.3, 0.4) is 0 Å². The van der Waals surface area contributed by atoms with Gasteiger partial charge in [-0.25, -0.2) is 5.43 Å². The zero-order valence-corrected chi connectivity index (χ0v) is 15.4. The summed E-state index contributed by atoms with van der Waals surface area (Å²) in [5.41, 5.74) is 3.49. The molecule has 2 amide bonds. The topological polar surface area (TPSA) is 70.6 Å². The second kappa shape index (κ2) is 8.85. The molecule has 0 aliphatic rings. The monoisotopic (exact) mass is 397 g/mol. The van der Waals surface area contributed by atoms with Crippen molar-refractivity contribution in [3.05, 3.63) is 63.1 Å². The van der Waals surface area contributed by atoms with Crippen molar-refractivity contribution >= 4 is 58.0 Å². The van der Waals surface area contributed by atoms with Gasteiger partial charge in [-0.2, -0.15) is 5.10 Å². The Morgan fingerprint density at radius 3 is 2.48 bits per heavy atom. The summed E-state index contributed by atoms with van der Waals surface area (Å²) in [6.07, 6.45) is -0.0222. The van der Waals surface area contributed by atoms with Gasteiger partial charge in [0, 0.05) is 10.7 Å². The fourth-order valence-corrected chi connectivity index (χ4v) is 2.47. The first-order chi connectivity index (χ1) is 11.9. The van der Waals surface area contributed by atoms with E-state index in [1.165, 1.54) is 0 Å². The predicted octanol–water partition coefficient (Wildman–Crippen LogP) is 4.78. The number of rotatable bonds is 5. The first-order valence-electron chi connectivity index (χ1n) is 7.19. The molecule has 2 aromatic carbocycles. The van der Waals surface area contributed by atoms with Gasteiger partial charge in [0.25, 0.3) is 5.91 Å². The number of halogens is 3. The number of nitrogens with zero attached hydrogens (tertiary/aromatic N) is 1. The molecule has 2 rings (SSSR count). The number of carbonyl (C=O) groups excluding carboxylic acids is 2. The molecule has 2 aromatic rings. The van der Waals surface area contributed by atoms with Crippen molar-refractivity contribution in [2.75, 3.05) is 5.32 Å². The molecule has 5 nitrogen and oxygen atoms in total. The molecule has 0 spiro atoms. The molecule has 8 heteroatoms. The fraction of sp³-hybridized carbons (Fsp3) is 0.118. The molecule has 25 heavy (non-hydrogen) atoms. The zero-order valence-electron chi connectivity index (χ0n) is 13.1. The molecule has 0 radical (unpaired) electrons. The first-order valence-corrected chi connectivity index (χ1v) is 8.33. The van der Waals surface area contributed by atoms with Gasteiger partial charge in [0.05, 0.1) is 27.7 Å². The van der Waals surface area contributed by atoms with Crippen LogP contribution in [0.15, 0.2) is 47.6 Å². The Kier molecular flexibility index (Phi) is 6.82. The van der Waals surface area contributed by atoms with E-state index in [9.17, 15) is 9.59 Å². The summed E-state index contributed by atoms with van der Waals surface area (Å²) >= 11 is 17.8. The maximum atomic E-state index is 12.0. The second-order valence-electron chi connectivity index (χ2n) is 5.12. The molecule has 130 valence electrons. The second-order valence-corrected chi connectivity index (χ2v) is 6.37. The summed E-state index contributed by atoms with van der Waals surface area (Å²) in [6.45, 7) is 1.62.